The number of carbonyl (C=O) groups is 3. The van der Waals surface area contributed by atoms with E-state index in [1.165, 1.54) is 7.11 Å². The molecule has 2 N–H and O–H groups in total. The molecule has 0 saturated carbocycles. The highest BCUT2D eigenvalue weighted by Crippen LogP contribution is 2.14. The van der Waals surface area contributed by atoms with Crippen molar-refractivity contribution >= 4 is 17.8 Å². The van der Waals surface area contributed by atoms with Gasteiger partial charge in [-0.2, -0.15) is 0 Å². The Kier molecular flexibility index (Phi) is 5.60. The van der Waals surface area contributed by atoms with E-state index in [1.54, 1.807) is 13.8 Å². The summed E-state index contributed by atoms with van der Waals surface area (Å²) in [5.41, 5.74) is -0.758. The number of carbonyl (C=O) groups excluding carboxylic acids is 1. The van der Waals surface area contributed by atoms with Crippen LogP contribution in [-0.4, -0.2) is 58.8 Å². The molecule has 7 nitrogen and oxygen atoms in total. The highest BCUT2D eigenvalue weighted by atomic mass is 16.5. The molecular formula is C10H17NO6. The summed E-state index contributed by atoms with van der Waals surface area (Å²) in [6.45, 7) is 2.05. The van der Waals surface area contributed by atoms with Crippen molar-refractivity contribution in [1.29, 1.82) is 0 Å². The molecule has 1 amide bonds. The van der Waals surface area contributed by atoms with E-state index in [-0.39, 0.29) is 6.42 Å². The zero-order valence-electron chi connectivity index (χ0n) is 10.1. The van der Waals surface area contributed by atoms with E-state index in [0.29, 0.717) is 0 Å². The fourth-order valence-electron chi connectivity index (χ4n) is 1.11. The lowest BCUT2D eigenvalue weighted by Crippen LogP contribution is -2.42. The van der Waals surface area contributed by atoms with Crippen LogP contribution in [0.25, 0.3) is 0 Å². The molecule has 0 aromatic carbocycles. The van der Waals surface area contributed by atoms with Gasteiger partial charge in [-0.1, -0.05) is 0 Å². The molecule has 0 aromatic rings. The van der Waals surface area contributed by atoms with E-state index in [0.717, 1.165) is 4.90 Å². The predicted octanol–water partition coefficient (Wildman–Crippen LogP) is -0.201. The van der Waals surface area contributed by atoms with E-state index in [1.807, 2.05) is 0 Å². The van der Waals surface area contributed by atoms with Crippen LogP contribution >= 0.6 is 0 Å². The lowest BCUT2D eigenvalue weighted by molar-refractivity contribution is -0.151. The number of rotatable bonds is 7. The Morgan fingerprint density at radius 1 is 1.12 bits per heavy atom. The Bertz CT molecular complexity index is 296. The standard InChI is InChI=1S/C10H17NO6/c1-10(2,17-3)4-7(12)11(5-8(13)14)6-9(15)16/h4-6H2,1-3H3,(H,13,14)(H,15,16). The first-order chi connectivity index (χ1) is 7.68. The van der Waals surface area contributed by atoms with Crippen molar-refractivity contribution in [3.05, 3.63) is 0 Å². The molecule has 0 bridgehead atoms. The lowest BCUT2D eigenvalue weighted by Gasteiger charge is -2.26. The normalized spacial score (nSPS) is 11.0. The number of carboxylic acid groups (broad SMARTS) is 2. The van der Waals surface area contributed by atoms with Gasteiger partial charge >= 0.3 is 11.9 Å². The number of carboxylic acids is 2. The molecule has 98 valence electrons. The zero-order chi connectivity index (χ0) is 13.6. The molecular weight excluding hydrogens is 230 g/mol. The van der Waals surface area contributed by atoms with Crippen molar-refractivity contribution in [3.8, 4) is 0 Å². The first kappa shape index (κ1) is 15.4. The van der Waals surface area contributed by atoms with Gasteiger partial charge in [0.15, 0.2) is 0 Å². The zero-order valence-corrected chi connectivity index (χ0v) is 10.1. The van der Waals surface area contributed by atoms with E-state index >= 15 is 0 Å². The molecule has 0 heterocycles. The molecule has 0 unspecified atom stereocenters. The molecule has 17 heavy (non-hydrogen) atoms. The molecule has 0 radical (unpaired) electrons. The summed E-state index contributed by atoms with van der Waals surface area (Å²) in [5, 5.41) is 17.2. The van der Waals surface area contributed by atoms with Crippen molar-refractivity contribution in [2.75, 3.05) is 20.2 Å². The largest absolute Gasteiger partial charge is 0.480 e. The van der Waals surface area contributed by atoms with Gasteiger partial charge in [0.05, 0.1) is 12.0 Å². The molecule has 7 heteroatoms. The predicted molar refractivity (Wildman–Crippen MR) is 57.6 cm³/mol. The Morgan fingerprint density at radius 2 is 1.53 bits per heavy atom. The maximum atomic E-state index is 11.7. The number of aliphatic carboxylic acids is 2. The van der Waals surface area contributed by atoms with Crippen LogP contribution in [0.3, 0.4) is 0 Å². The van der Waals surface area contributed by atoms with Crippen molar-refractivity contribution in [1.82, 2.24) is 4.90 Å². The van der Waals surface area contributed by atoms with Crippen molar-refractivity contribution < 1.29 is 29.3 Å². The average Bonchev–Trinajstić information content (AvgIpc) is 2.14. The molecule has 0 aliphatic carbocycles. The van der Waals surface area contributed by atoms with E-state index < -0.39 is 36.5 Å². The van der Waals surface area contributed by atoms with Crippen LogP contribution < -0.4 is 0 Å². The van der Waals surface area contributed by atoms with E-state index in [9.17, 15) is 14.4 Å². The maximum Gasteiger partial charge on any atom is 0.323 e. The van der Waals surface area contributed by atoms with E-state index in [4.69, 9.17) is 14.9 Å². The van der Waals surface area contributed by atoms with Crippen molar-refractivity contribution in [3.63, 3.8) is 0 Å². The molecule has 0 rings (SSSR count). The number of hydrogen-bond acceptors (Lipinski definition) is 4. The number of hydrogen-bond donors (Lipinski definition) is 2. The SMILES string of the molecule is COC(C)(C)CC(=O)N(CC(=O)O)CC(=O)O. The van der Waals surface area contributed by atoms with Gasteiger partial charge in [-0.05, 0) is 13.8 Å². The average molecular weight is 247 g/mol. The van der Waals surface area contributed by atoms with Gasteiger partial charge in [-0.15, -0.1) is 0 Å². The monoisotopic (exact) mass is 247 g/mol. The van der Waals surface area contributed by atoms with Gasteiger partial charge < -0.3 is 19.8 Å². The number of nitrogens with zero attached hydrogens (tertiary/aromatic N) is 1. The lowest BCUT2D eigenvalue weighted by atomic mass is 10.0. The van der Waals surface area contributed by atoms with Crippen LogP contribution in [0.5, 0.6) is 0 Å². The van der Waals surface area contributed by atoms with Gasteiger partial charge in [0.25, 0.3) is 0 Å². The van der Waals surface area contributed by atoms with Crippen LogP contribution in [0.4, 0.5) is 0 Å². The summed E-state index contributed by atoms with van der Waals surface area (Å²) in [7, 11) is 1.42. The van der Waals surface area contributed by atoms with Crippen LogP contribution in [0.15, 0.2) is 0 Å². The van der Waals surface area contributed by atoms with Gasteiger partial charge in [0, 0.05) is 7.11 Å². The molecule has 0 spiro atoms. The van der Waals surface area contributed by atoms with Gasteiger partial charge in [-0.25, -0.2) is 0 Å². The molecule has 0 aliphatic heterocycles. The molecule has 0 atom stereocenters. The number of methoxy groups -OCH3 is 1. The minimum atomic E-state index is -1.25. The van der Waals surface area contributed by atoms with Crippen LogP contribution in [0.2, 0.25) is 0 Å². The summed E-state index contributed by atoms with van der Waals surface area (Å²) < 4.78 is 5.03. The van der Waals surface area contributed by atoms with Gasteiger partial charge in [0.1, 0.15) is 13.1 Å². The second-order valence-electron chi connectivity index (χ2n) is 4.18. The second-order valence-corrected chi connectivity index (χ2v) is 4.18. The minimum absolute atomic E-state index is 0.0793. The first-order valence-corrected chi connectivity index (χ1v) is 4.94. The quantitative estimate of drug-likeness (QED) is 0.645. The van der Waals surface area contributed by atoms with E-state index in [2.05, 4.69) is 0 Å². The minimum Gasteiger partial charge on any atom is -0.480 e. The fourth-order valence-corrected chi connectivity index (χ4v) is 1.11. The molecule has 0 aliphatic rings. The third-order valence-electron chi connectivity index (χ3n) is 2.13. The van der Waals surface area contributed by atoms with Crippen molar-refractivity contribution in [2.45, 2.75) is 25.9 Å². The van der Waals surface area contributed by atoms with Crippen LogP contribution in [-0.2, 0) is 19.1 Å². The third kappa shape index (κ3) is 6.52. The Hall–Kier alpha value is -1.63. The molecule has 0 saturated heterocycles. The smallest absolute Gasteiger partial charge is 0.323 e. The highest BCUT2D eigenvalue weighted by molar-refractivity contribution is 5.85. The van der Waals surface area contributed by atoms with Gasteiger partial charge in [-0.3, -0.25) is 14.4 Å². The van der Waals surface area contributed by atoms with Crippen molar-refractivity contribution in [2.24, 2.45) is 0 Å². The number of ether oxygens (including phenoxy) is 1. The summed E-state index contributed by atoms with van der Waals surface area (Å²) in [5.74, 6) is -3.08. The Balaban J connectivity index is 4.63. The summed E-state index contributed by atoms with van der Waals surface area (Å²) in [6.07, 6.45) is -0.0793. The number of amides is 1. The topological polar surface area (TPSA) is 104 Å². The first-order valence-electron chi connectivity index (χ1n) is 4.94. The van der Waals surface area contributed by atoms with Crippen LogP contribution in [0, 0.1) is 0 Å². The maximum absolute atomic E-state index is 11.7. The van der Waals surface area contributed by atoms with Gasteiger partial charge in [0.2, 0.25) is 5.91 Å². The second kappa shape index (κ2) is 6.19. The Morgan fingerprint density at radius 3 is 1.82 bits per heavy atom. The summed E-state index contributed by atoms with van der Waals surface area (Å²) in [4.78, 5) is 33.5. The fraction of sp³-hybridized carbons (Fsp3) is 0.700. The highest BCUT2D eigenvalue weighted by Gasteiger charge is 2.27. The summed E-state index contributed by atoms with van der Waals surface area (Å²) >= 11 is 0. The van der Waals surface area contributed by atoms with Crippen LogP contribution in [0.1, 0.15) is 20.3 Å². The summed E-state index contributed by atoms with van der Waals surface area (Å²) in [6, 6.07) is 0. The molecule has 0 aromatic heterocycles. The Labute approximate surface area is 99.0 Å². The third-order valence-corrected chi connectivity index (χ3v) is 2.13. The molecule has 0 fully saturated rings.